The van der Waals surface area contributed by atoms with E-state index in [9.17, 15) is 9.59 Å². The number of anilines is 1. The van der Waals surface area contributed by atoms with Gasteiger partial charge >= 0.3 is 0 Å². The van der Waals surface area contributed by atoms with Crippen LogP contribution in [-0.4, -0.2) is 43.2 Å². The molecule has 0 bridgehead atoms. The lowest BCUT2D eigenvalue weighted by Crippen LogP contribution is -2.35. The van der Waals surface area contributed by atoms with E-state index < -0.39 is 0 Å². The van der Waals surface area contributed by atoms with Gasteiger partial charge in [-0.05, 0) is 29.8 Å². The molecule has 0 unspecified atom stereocenters. The van der Waals surface area contributed by atoms with Crippen LogP contribution in [0.2, 0.25) is 0 Å². The van der Waals surface area contributed by atoms with Gasteiger partial charge in [0.05, 0.1) is 19.4 Å². The number of rotatable bonds is 8. The maximum absolute atomic E-state index is 12.1. The van der Waals surface area contributed by atoms with Crippen LogP contribution in [0, 0.1) is 0 Å². The van der Waals surface area contributed by atoms with Gasteiger partial charge < -0.3 is 15.0 Å². The van der Waals surface area contributed by atoms with Crippen LogP contribution in [0.4, 0.5) is 5.69 Å². The van der Waals surface area contributed by atoms with Crippen molar-refractivity contribution in [3.63, 3.8) is 0 Å². The summed E-state index contributed by atoms with van der Waals surface area (Å²) in [5.74, 6) is 1.56. The van der Waals surface area contributed by atoms with E-state index in [0.29, 0.717) is 11.4 Å². The van der Waals surface area contributed by atoms with Gasteiger partial charge in [0.25, 0.3) is 0 Å². The van der Waals surface area contributed by atoms with E-state index in [0.717, 1.165) is 11.5 Å². The fraction of sp³-hybridized carbons (Fsp3) is 0.263. The quantitative estimate of drug-likeness (QED) is 0.788. The van der Waals surface area contributed by atoms with Crippen LogP contribution in [-0.2, 0) is 15.3 Å². The Morgan fingerprint density at radius 3 is 2.40 bits per heavy atom. The van der Waals surface area contributed by atoms with E-state index in [1.807, 2.05) is 30.3 Å². The first-order chi connectivity index (χ1) is 12.1. The van der Waals surface area contributed by atoms with Gasteiger partial charge in [-0.15, -0.1) is 11.8 Å². The van der Waals surface area contributed by atoms with Crippen molar-refractivity contribution in [1.82, 2.24) is 4.90 Å². The summed E-state index contributed by atoms with van der Waals surface area (Å²) in [6.45, 7) is 0.0246. The summed E-state index contributed by atoms with van der Waals surface area (Å²) >= 11 is 1.54. The van der Waals surface area contributed by atoms with Crippen molar-refractivity contribution in [1.29, 1.82) is 0 Å². The molecule has 0 aromatic heterocycles. The van der Waals surface area contributed by atoms with E-state index in [2.05, 4.69) is 5.32 Å². The predicted molar refractivity (Wildman–Crippen MR) is 102 cm³/mol. The van der Waals surface area contributed by atoms with Gasteiger partial charge in [-0.25, -0.2) is 0 Å². The molecule has 25 heavy (non-hydrogen) atoms. The molecule has 0 radical (unpaired) electrons. The zero-order valence-corrected chi connectivity index (χ0v) is 15.2. The minimum absolute atomic E-state index is 0.0246. The standard InChI is InChI=1S/C19H22N2O3S/c1-21(19(23)14-25-13-15-6-4-3-5-7-15)12-18(22)20-16-8-10-17(24-2)11-9-16/h3-11H,12-14H2,1-2H3,(H,20,22). The number of nitrogens with one attached hydrogen (secondary N) is 1. The molecular formula is C19H22N2O3S. The lowest BCUT2D eigenvalue weighted by Gasteiger charge is -2.16. The van der Waals surface area contributed by atoms with E-state index in [1.54, 1.807) is 50.2 Å². The van der Waals surface area contributed by atoms with E-state index in [4.69, 9.17) is 4.74 Å². The zero-order valence-electron chi connectivity index (χ0n) is 14.4. The Morgan fingerprint density at radius 2 is 1.76 bits per heavy atom. The SMILES string of the molecule is COc1ccc(NC(=O)CN(C)C(=O)CSCc2ccccc2)cc1. The lowest BCUT2D eigenvalue weighted by molar-refractivity contribution is -0.131. The molecule has 2 rings (SSSR count). The van der Waals surface area contributed by atoms with Crippen LogP contribution in [0.5, 0.6) is 5.75 Å². The van der Waals surface area contributed by atoms with Gasteiger partial charge in [0.2, 0.25) is 11.8 Å². The Labute approximate surface area is 152 Å². The number of nitrogens with zero attached hydrogens (tertiary/aromatic N) is 1. The number of hydrogen-bond acceptors (Lipinski definition) is 4. The third-order valence-corrected chi connectivity index (χ3v) is 4.51. The maximum atomic E-state index is 12.1. The summed E-state index contributed by atoms with van der Waals surface area (Å²) in [5, 5.41) is 2.77. The fourth-order valence-electron chi connectivity index (χ4n) is 2.12. The van der Waals surface area contributed by atoms with Crippen molar-refractivity contribution in [3.05, 3.63) is 60.2 Å². The van der Waals surface area contributed by atoms with E-state index >= 15 is 0 Å². The average Bonchev–Trinajstić information content (AvgIpc) is 2.63. The second-order valence-electron chi connectivity index (χ2n) is 5.50. The number of likely N-dealkylation sites (N-methyl/N-ethyl adjacent to an activating group) is 1. The largest absolute Gasteiger partial charge is 0.497 e. The van der Waals surface area contributed by atoms with Gasteiger partial charge in [0.1, 0.15) is 5.75 Å². The Hall–Kier alpha value is -2.47. The molecule has 2 amide bonds. The highest BCUT2D eigenvalue weighted by atomic mass is 32.2. The molecule has 0 aliphatic rings. The Morgan fingerprint density at radius 1 is 1.08 bits per heavy atom. The molecule has 132 valence electrons. The van der Waals surface area contributed by atoms with Gasteiger partial charge in [-0.3, -0.25) is 9.59 Å². The number of thioether (sulfide) groups is 1. The third-order valence-electron chi connectivity index (χ3n) is 3.52. The molecule has 0 aliphatic carbocycles. The monoisotopic (exact) mass is 358 g/mol. The van der Waals surface area contributed by atoms with Crippen molar-refractivity contribution < 1.29 is 14.3 Å². The molecule has 2 aromatic carbocycles. The average molecular weight is 358 g/mol. The highest BCUT2D eigenvalue weighted by Gasteiger charge is 2.13. The van der Waals surface area contributed by atoms with Crippen molar-refractivity contribution in [2.45, 2.75) is 5.75 Å². The van der Waals surface area contributed by atoms with Gasteiger partial charge in [0, 0.05) is 18.5 Å². The Bertz CT molecular complexity index is 690. The summed E-state index contributed by atoms with van der Waals surface area (Å²) < 4.78 is 5.07. The predicted octanol–water partition coefficient (Wildman–Crippen LogP) is 3.03. The molecule has 2 aromatic rings. The summed E-state index contributed by atoms with van der Waals surface area (Å²) in [6.07, 6.45) is 0. The minimum Gasteiger partial charge on any atom is -0.497 e. The highest BCUT2D eigenvalue weighted by molar-refractivity contribution is 7.99. The molecule has 0 atom stereocenters. The second-order valence-corrected chi connectivity index (χ2v) is 6.49. The van der Waals surface area contributed by atoms with Gasteiger partial charge in [-0.2, -0.15) is 0 Å². The number of carbonyl (C=O) groups excluding carboxylic acids is 2. The minimum atomic E-state index is -0.228. The van der Waals surface area contributed by atoms with E-state index in [1.165, 1.54) is 10.5 Å². The fourth-order valence-corrected chi connectivity index (χ4v) is 3.04. The highest BCUT2D eigenvalue weighted by Crippen LogP contribution is 2.15. The zero-order chi connectivity index (χ0) is 18.1. The van der Waals surface area contributed by atoms with Gasteiger partial charge in [-0.1, -0.05) is 30.3 Å². The molecule has 0 saturated carbocycles. The summed E-state index contributed by atoms with van der Waals surface area (Å²) in [7, 11) is 3.23. The first kappa shape index (κ1) is 18.9. The third kappa shape index (κ3) is 6.51. The topological polar surface area (TPSA) is 58.6 Å². The smallest absolute Gasteiger partial charge is 0.243 e. The van der Waals surface area contributed by atoms with Crippen LogP contribution < -0.4 is 10.1 Å². The molecular weight excluding hydrogens is 336 g/mol. The molecule has 0 heterocycles. The van der Waals surface area contributed by atoms with Crippen molar-refractivity contribution in [3.8, 4) is 5.75 Å². The number of amides is 2. The number of ether oxygens (including phenoxy) is 1. The second kappa shape index (κ2) is 9.74. The number of hydrogen-bond donors (Lipinski definition) is 1. The number of benzene rings is 2. The van der Waals surface area contributed by atoms with Crippen molar-refractivity contribution in [2.75, 3.05) is 31.8 Å². The molecule has 5 nitrogen and oxygen atoms in total. The first-order valence-corrected chi connectivity index (χ1v) is 9.03. The van der Waals surface area contributed by atoms with Crippen LogP contribution in [0.1, 0.15) is 5.56 Å². The van der Waals surface area contributed by atoms with Crippen LogP contribution in [0.3, 0.4) is 0 Å². The summed E-state index contributed by atoms with van der Waals surface area (Å²) in [5.41, 5.74) is 1.85. The Kier molecular flexibility index (Phi) is 7.35. The lowest BCUT2D eigenvalue weighted by atomic mass is 10.2. The number of methoxy groups -OCH3 is 1. The summed E-state index contributed by atoms with van der Waals surface area (Å²) in [6, 6.07) is 17.0. The summed E-state index contributed by atoms with van der Waals surface area (Å²) in [4.78, 5) is 25.6. The van der Waals surface area contributed by atoms with Crippen molar-refractivity contribution in [2.24, 2.45) is 0 Å². The molecule has 0 spiro atoms. The maximum Gasteiger partial charge on any atom is 0.243 e. The Balaban J connectivity index is 1.72. The molecule has 1 N–H and O–H groups in total. The molecule has 0 saturated heterocycles. The van der Waals surface area contributed by atoms with Crippen LogP contribution >= 0.6 is 11.8 Å². The molecule has 0 fully saturated rings. The van der Waals surface area contributed by atoms with Crippen molar-refractivity contribution >= 4 is 29.3 Å². The van der Waals surface area contributed by atoms with Gasteiger partial charge in [0.15, 0.2) is 0 Å². The first-order valence-electron chi connectivity index (χ1n) is 7.88. The number of carbonyl (C=O) groups is 2. The molecule has 0 aliphatic heterocycles. The van der Waals surface area contributed by atoms with E-state index in [-0.39, 0.29) is 18.4 Å². The molecule has 6 heteroatoms. The van der Waals surface area contributed by atoms with Crippen LogP contribution in [0.15, 0.2) is 54.6 Å². The normalized spacial score (nSPS) is 10.2. The van der Waals surface area contributed by atoms with Crippen LogP contribution in [0.25, 0.3) is 0 Å².